The largest absolute Gasteiger partial charge is 0.861 e. The lowest BCUT2D eigenvalue weighted by Gasteiger charge is -2.39. The SMILES string of the molecule is CC1(C)CC(CNC2=C[NH+](CC3(C)CC(CNc4cnnc(-c5ccnc(NC(=O)[C@@H]6CCCNC6)n5)c4)CCO3)NC(c3ccnc(N=C([O-])[C@@H]4CCNC4)n3)=C2)CCO1. The van der Waals surface area contributed by atoms with Crippen molar-refractivity contribution in [2.24, 2.45) is 28.7 Å². The van der Waals surface area contributed by atoms with Gasteiger partial charge in [0.05, 0.1) is 40.5 Å². The molecule has 5 aliphatic rings. The Hall–Kier alpha value is -5.14. The Morgan fingerprint density at radius 2 is 1.70 bits per heavy atom. The van der Waals surface area contributed by atoms with Crippen LogP contribution in [0.15, 0.2) is 59.8 Å². The summed E-state index contributed by atoms with van der Waals surface area (Å²) in [5, 5.41) is 39.2. The van der Waals surface area contributed by atoms with Gasteiger partial charge in [-0.3, -0.25) is 10.1 Å². The fourth-order valence-electron chi connectivity index (χ4n) is 9.01. The Bertz CT molecular complexity index is 2080. The fourth-order valence-corrected chi connectivity index (χ4v) is 9.01. The van der Waals surface area contributed by atoms with Crippen molar-refractivity contribution in [2.45, 2.75) is 76.9 Å². The molecule has 5 aliphatic heterocycles. The Balaban J connectivity index is 0.918. The van der Waals surface area contributed by atoms with Crippen molar-refractivity contribution in [3.05, 3.63) is 60.5 Å². The summed E-state index contributed by atoms with van der Waals surface area (Å²) in [5.41, 5.74) is 7.51. The van der Waals surface area contributed by atoms with Gasteiger partial charge in [-0.15, -0.1) is 5.10 Å². The van der Waals surface area contributed by atoms with E-state index in [1.807, 2.05) is 12.1 Å². The van der Waals surface area contributed by atoms with Crippen LogP contribution in [0.4, 0.5) is 17.6 Å². The number of nitrogens with one attached hydrogen (secondary N) is 7. The Morgan fingerprint density at radius 1 is 0.918 bits per heavy atom. The van der Waals surface area contributed by atoms with Gasteiger partial charge in [0, 0.05) is 57.7 Å². The molecule has 0 radical (unpaired) electrons. The van der Waals surface area contributed by atoms with Crippen LogP contribution in [0.2, 0.25) is 0 Å². The second-order valence-corrected chi connectivity index (χ2v) is 17.9. The third-order valence-electron chi connectivity index (χ3n) is 12.2. The lowest BCUT2D eigenvalue weighted by molar-refractivity contribution is -0.894. The van der Waals surface area contributed by atoms with Crippen molar-refractivity contribution in [3.63, 3.8) is 0 Å². The van der Waals surface area contributed by atoms with Gasteiger partial charge in [-0.25, -0.2) is 35.4 Å². The summed E-state index contributed by atoms with van der Waals surface area (Å²) < 4.78 is 12.5. The number of piperidine rings is 1. The van der Waals surface area contributed by atoms with E-state index in [1.54, 1.807) is 24.7 Å². The number of carbonyl (C=O) groups is 1. The van der Waals surface area contributed by atoms with Gasteiger partial charge in [-0.1, -0.05) is 0 Å². The molecule has 0 bridgehead atoms. The summed E-state index contributed by atoms with van der Waals surface area (Å²) in [6, 6.07) is 5.54. The zero-order valence-corrected chi connectivity index (χ0v) is 35.5. The van der Waals surface area contributed by atoms with E-state index in [2.05, 4.69) is 95.2 Å². The van der Waals surface area contributed by atoms with Gasteiger partial charge in [0.15, 0.2) is 0 Å². The fraction of sp³-hybridized carbons (Fsp3) is 0.581. The van der Waals surface area contributed by atoms with E-state index in [9.17, 15) is 9.90 Å². The molecule has 326 valence electrons. The maximum Gasteiger partial charge on any atom is 0.248 e. The van der Waals surface area contributed by atoms with E-state index in [0.29, 0.717) is 55.2 Å². The van der Waals surface area contributed by atoms with E-state index >= 15 is 0 Å². The average Bonchev–Trinajstić information content (AvgIpc) is 3.81. The number of carbonyl (C=O) groups excluding carboxylic acids is 1. The van der Waals surface area contributed by atoms with Crippen LogP contribution in [-0.4, -0.2) is 112 Å². The molecular weight excluding hydrogens is 777 g/mol. The predicted octanol–water partition coefficient (Wildman–Crippen LogP) is 1.34. The van der Waals surface area contributed by atoms with Crippen LogP contribution in [-0.2, 0) is 14.3 Å². The molecule has 8 heterocycles. The van der Waals surface area contributed by atoms with Crippen molar-refractivity contribution in [3.8, 4) is 11.4 Å². The number of aliphatic imine (C=N–C) groups is 1. The highest BCUT2D eigenvalue weighted by Crippen LogP contribution is 2.30. The van der Waals surface area contributed by atoms with Crippen LogP contribution in [0.3, 0.4) is 0 Å². The Labute approximate surface area is 357 Å². The van der Waals surface area contributed by atoms with E-state index < -0.39 is 5.60 Å². The summed E-state index contributed by atoms with van der Waals surface area (Å²) >= 11 is 0. The lowest BCUT2D eigenvalue weighted by atomic mass is 9.86. The van der Waals surface area contributed by atoms with Gasteiger partial charge < -0.3 is 35.8 Å². The predicted molar refractivity (Wildman–Crippen MR) is 229 cm³/mol. The molecular formula is C43H60N14O4. The zero-order chi connectivity index (χ0) is 42.2. The van der Waals surface area contributed by atoms with Crippen LogP contribution in [0, 0.1) is 23.7 Å². The van der Waals surface area contributed by atoms with Crippen molar-refractivity contribution in [2.75, 3.05) is 69.7 Å². The smallest absolute Gasteiger partial charge is 0.248 e. The maximum atomic E-state index is 12.9. The maximum absolute atomic E-state index is 12.9. The lowest BCUT2D eigenvalue weighted by Crippen LogP contribution is -3.16. The molecule has 18 nitrogen and oxygen atoms in total. The summed E-state index contributed by atoms with van der Waals surface area (Å²) in [5.74, 6) is 0.717. The summed E-state index contributed by atoms with van der Waals surface area (Å²) in [7, 11) is 0. The monoisotopic (exact) mass is 836 g/mol. The third-order valence-corrected chi connectivity index (χ3v) is 12.2. The number of anilines is 2. The molecule has 4 saturated heterocycles. The van der Waals surface area contributed by atoms with E-state index in [0.717, 1.165) is 99.8 Å². The molecule has 0 aromatic carbocycles. The van der Waals surface area contributed by atoms with Crippen LogP contribution >= 0.6 is 0 Å². The number of allylic oxidation sites excluding steroid dienone is 1. The summed E-state index contributed by atoms with van der Waals surface area (Å²) in [6.45, 7) is 13.1. The minimum Gasteiger partial charge on any atom is -0.861 e. The van der Waals surface area contributed by atoms with Crippen LogP contribution in [0.5, 0.6) is 0 Å². The second kappa shape index (κ2) is 19.3. The number of ether oxygens (including phenoxy) is 2. The van der Waals surface area contributed by atoms with Gasteiger partial charge >= 0.3 is 0 Å². The van der Waals surface area contributed by atoms with Crippen molar-refractivity contribution >= 4 is 35.1 Å². The van der Waals surface area contributed by atoms with E-state index in [4.69, 9.17) is 14.5 Å². The van der Waals surface area contributed by atoms with Gasteiger partial charge in [-0.05, 0) is 121 Å². The molecule has 0 aliphatic carbocycles. The highest BCUT2D eigenvalue weighted by atomic mass is 16.5. The first kappa shape index (κ1) is 42.5. The number of nitrogens with zero attached hydrogens (tertiary/aromatic N) is 7. The third kappa shape index (κ3) is 11.6. The number of rotatable bonds is 14. The minimum absolute atomic E-state index is 0.0792. The molecule has 4 fully saturated rings. The molecule has 3 aromatic rings. The first-order chi connectivity index (χ1) is 29.5. The summed E-state index contributed by atoms with van der Waals surface area (Å²) in [6.07, 6.45) is 15.6. The molecule has 4 unspecified atom stereocenters. The van der Waals surface area contributed by atoms with Crippen LogP contribution < -0.4 is 42.1 Å². The molecule has 18 heteroatoms. The highest BCUT2D eigenvalue weighted by Gasteiger charge is 2.38. The topological polar surface area (TPSA) is 225 Å². The molecule has 0 saturated carbocycles. The van der Waals surface area contributed by atoms with Crippen molar-refractivity contribution in [1.82, 2.24) is 51.5 Å². The van der Waals surface area contributed by atoms with Gasteiger partial charge in [0.2, 0.25) is 17.8 Å². The van der Waals surface area contributed by atoms with E-state index in [-0.39, 0.29) is 41.1 Å². The van der Waals surface area contributed by atoms with Crippen LogP contribution in [0.25, 0.3) is 17.1 Å². The quantitative estimate of drug-likeness (QED) is 0.0899. The zero-order valence-electron chi connectivity index (χ0n) is 35.5. The van der Waals surface area contributed by atoms with Gasteiger partial charge in [0.1, 0.15) is 29.7 Å². The molecule has 3 aromatic heterocycles. The number of hydrogen-bond donors (Lipinski definition) is 7. The van der Waals surface area contributed by atoms with Gasteiger partial charge in [0.25, 0.3) is 0 Å². The normalized spacial score (nSPS) is 27.9. The standard InChI is InChI=1S/C43H60N14O4/c1-42(2)19-28(9-15-60-42)21-49-33-18-37(35-8-14-47-41(52-35)54-39(59)31-6-12-45-24-31)56-57(26-33)27-43(3)20-29(10-16-61-43)22-48-32-17-36(55-50-25-32)34-7-13-46-40(51-34)53-38(58)30-5-4-11-44-23-30/h7-8,13-14,17-18,25-26,28-31,44-45,49,56H,4-6,9-12,15-16,19-24,27H2,1-3H3,(H,48,55)(H,46,51,53,58)(H,47,52,54,59)/t28?,29?,30-,31-,43?/m1/s1. The second-order valence-electron chi connectivity index (χ2n) is 17.9. The van der Waals surface area contributed by atoms with E-state index in [1.165, 1.54) is 0 Å². The first-order valence-corrected chi connectivity index (χ1v) is 21.8. The van der Waals surface area contributed by atoms with Gasteiger partial charge in [-0.2, -0.15) is 5.10 Å². The summed E-state index contributed by atoms with van der Waals surface area (Å²) in [4.78, 5) is 35.0. The number of hydrogen-bond acceptors (Lipinski definition) is 16. The first-order valence-electron chi connectivity index (χ1n) is 21.8. The average molecular weight is 837 g/mol. The van der Waals surface area contributed by atoms with Crippen molar-refractivity contribution in [1.29, 1.82) is 0 Å². The molecule has 6 atom stereocenters. The number of aromatic nitrogens is 6. The molecule has 0 spiro atoms. The van der Waals surface area contributed by atoms with Crippen LogP contribution in [0.1, 0.15) is 71.4 Å². The molecule has 61 heavy (non-hydrogen) atoms. The molecule has 1 amide bonds. The highest BCUT2D eigenvalue weighted by molar-refractivity contribution is 5.91. The Morgan fingerprint density at radius 3 is 2.52 bits per heavy atom. The number of quaternary nitrogens is 1. The molecule has 7 N–H and O–H groups in total. The molecule has 8 rings (SSSR count). The Kier molecular flexibility index (Phi) is 13.4. The minimum atomic E-state index is -0.438. The van der Waals surface area contributed by atoms with Crippen molar-refractivity contribution < 1.29 is 24.4 Å². The number of amides is 1.